The summed E-state index contributed by atoms with van der Waals surface area (Å²) in [5, 5.41) is 2.66. The Kier molecular flexibility index (Phi) is 6.35. The molecule has 33 heavy (non-hydrogen) atoms. The topological polar surface area (TPSA) is 97.8 Å². The second-order valence-electron chi connectivity index (χ2n) is 7.46. The van der Waals surface area contributed by atoms with Crippen molar-refractivity contribution in [2.24, 2.45) is 0 Å². The SMILES string of the molecule is COC(=O)CNC(=O)[C@H]1c2ccccc2C(=O)N(c2ccc(OC)cc2)[C@@H]1c1cccnc1. The second kappa shape index (κ2) is 9.52. The van der Waals surface area contributed by atoms with Gasteiger partial charge in [0.25, 0.3) is 5.91 Å². The number of amides is 2. The number of ether oxygens (including phenoxy) is 2. The van der Waals surface area contributed by atoms with Crippen molar-refractivity contribution in [3.8, 4) is 5.75 Å². The van der Waals surface area contributed by atoms with Crippen molar-refractivity contribution in [3.05, 3.63) is 89.7 Å². The summed E-state index contributed by atoms with van der Waals surface area (Å²) >= 11 is 0. The maximum atomic E-state index is 13.7. The standard InChI is InChI=1S/C25H23N3O5/c1-32-18-11-9-17(10-12-18)28-23(16-6-5-13-26-14-16)22(24(30)27-15-21(29)33-2)19-7-3-4-8-20(19)25(28)31/h3-14,22-23H,15H2,1-2H3,(H,27,30)/t22-,23+/m0/s1. The van der Waals surface area contributed by atoms with Crippen molar-refractivity contribution >= 4 is 23.5 Å². The summed E-state index contributed by atoms with van der Waals surface area (Å²) in [6.07, 6.45) is 3.27. The highest BCUT2D eigenvalue weighted by Crippen LogP contribution is 2.45. The van der Waals surface area contributed by atoms with Crippen LogP contribution in [0, 0.1) is 0 Å². The highest BCUT2D eigenvalue weighted by Gasteiger charge is 2.45. The molecule has 0 aliphatic carbocycles. The maximum absolute atomic E-state index is 13.7. The zero-order valence-corrected chi connectivity index (χ0v) is 18.2. The molecule has 8 nitrogen and oxygen atoms in total. The van der Waals surface area contributed by atoms with E-state index in [1.54, 1.807) is 79.0 Å². The van der Waals surface area contributed by atoms with Gasteiger partial charge in [0.1, 0.15) is 12.3 Å². The average Bonchev–Trinajstić information content (AvgIpc) is 2.87. The predicted octanol–water partition coefficient (Wildman–Crippen LogP) is 2.86. The number of nitrogens with zero attached hydrogens (tertiary/aromatic N) is 2. The van der Waals surface area contributed by atoms with E-state index in [9.17, 15) is 14.4 Å². The van der Waals surface area contributed by atoms with Crippen LogP contribution in [0.1, 0.15) is 33.4 Å². The van der Waals surface area contributed by atoms with Gasteiger partial charge in [0, 0.05) is 23.6 Å². The van der Waals surface area contributed by atoms with Gasteiger partial charge in [0.15, 0.2) is 0 Å². The van der Waals surface area contributed by atoms with E-state index in [0.29, 0.717) is 28.1 Å². The lowest BCUT2D eigenvalue weighted by molar-refractivity contribution is -0.141. The van der Waals surface area contributed by atoms with E-state index in [2.05, 4.69) is 15.0 Å². The summed E-state index contributed by atoms with van der Waals surface area (Å²) in [6.45, 7) is -0.274. The quantitative estimate of drug-likeness (QED) is 0.586. The monoisotopic (exact) mass is 445 g/mol. The summed E-state index contributed by atoms with van der Waals surface area (Å²) < 4.78 is 9.91. The Balaban J connectivity index is 1.87. The van der Waals surface area contributed by atoms with Crippen LogP contribution < -0.4 is 15.0 Å². The first-order valence-electron chi connectivity index (χ1n) is 10.4. The number of rotatable bonds is 6. The Morgan fingerprint density at radius 2 is 1.79 bits per heavy atom. The average molecular weight is 445 g/mol. The minimum Gasteiger partial charge on any atom is -0.497 e. The van der Waals surface area contributed by atoms with E-state index in [-0.39, 0.29) is 12.5 Å². The van der Waals surface area contributed by atoms with Gasteiger partial charge in [-0.2, -0.15) is 0 Å². The van der Waals surface area contributed by atoms with E-state index in [1.165, 1.54) is 7.11 Å². The fourth-order valence-corrected chi connectivity index (χ4v) is 4.08. The van der Waals surface area contributed by atoms with E-state index in [1.807, 2.05) is 6.07 Å². The molecule has 0 unspecified atom stereocenters. The molecule has 0 bridgehead atoms. The van der Waals surface area contributed by atoms with Gasteiger partial charge in [0.2, 0.25) is 5.91 Å². The first kappa shape index (κ1) is 22.0. The van der Waals surface area contributed by atoms with E-state index in [0.717, 1.165) is 0 Å². The number of aromatic nitrogens is 1. The zero-order chi connectivity index (χ0) is 23.4. The fraction of sp³-hybridized carbons (Fsp3) is 0.200. The van der Waals surface area contributed by atoms with Crippen LogP contribution in [0.25, 0.3) is 0 Å². The number of fused-ring (bicyclic) bond motifs is 1. The van der Waals surface area contributed by atoms with Gasteiger partial charge in [-0.05, 0) is 47.5 Å². The number of hydrogen-bond donors (Lipinski definition) is 1. The van der Waals surface area contributed by atoms with Gasteiger partial charge in [-0.1, -0.05) is 24.3 Å². The molecule has 2 amide bonds. The molecular weight excluding hydrogens is 422 g/mol. The summed E-state index contributed by atoms with van der Waals surface area (Å²) in [5.74, 6) is -1.33. The van der Waals surface area contributed by atoms with E-state index in [4.69, 9.17) is 4.74 Å². The fourth-order valence-electron chi connectivity index (χ4n) is 4.08. The molecule has 2 atom stereocenters. The molecule has 1 aliphatic heterocycles. The van der Waals surface area contributed by atoms with Crippen molar-refractivity contribution in [2.75, 3.05) is 25.7 Å². The molecular formula is C25H23N3O5. The number of hydrogen-bond acceptors (Lipinski definition) is 6. The number of nitrogens with one attached hydrogen (secondary N) is 1. The van der Waals surface area contributed by atoms with E-state index < -0.39 is 23.8 Å². The lowest BCUT2D eigenvalue weighted by atomic mass is 9.79. The molecule has 0 saturated heterocycles. The van der Waals surface area contributed by atoms with Crippen LogP contribution in [0.15, 0.2) is 73.1 Å². The number of methoxy groups -OCH3 is 2. The molecule has 168 valence electrons. The van der Waals surface area contributed by atoms with E-state index >= 15 is 0 Å². The number of benzene rings is 2. The Bertz CT molecular complexity index is 1160. The second-order valence-corrected chi connectivity index (χ2v) is 7.46. The third kappa shape index (κ3) is 4.27. The van der Waals surface area contributed by atoms with Gasteiger partial charge in [-0.3, -0.25) is 24.3 Å². The lowest BCUT2D eigenvalue weighted by Crippen LogP contribution is -2.48. The van der Waals surface area contributed by atoms with Crippen LogP contribution in [-0.2, 0) is 14.3 Å². The normalized spacial score (nSPS) is 17.2. The maximum Gasteiger partial charge on any atom is 0.325 e. The van der Waals surface area contributed by atoms with Crippen molar-refractivity contribution in [1.82, 2.24) is 10.3 Å². The van der Waals surface area contributed by atoms with Crippen LogP contribution in [0.4, 0.5) is 5.69 Å². The molecule has 1 N–H and O–H groups in total. The van der Waals surface area contributed by atoms with Crippen LogP contribution in [0.2, 0.25) is 0 Å². The minimum atomic E-state index is -0.783. The molecule has 0 fully saturated rings. The van der Waals surface area contributed by atoms with Crippen molar-refractivity contribution in [3.63, 3.8) is 0 Å². The Hall–Kier alpha value is -4.20. The largest absolute Gasteiger partial charge is 0.497 e. The Morgan fingerprint density at radius 1 is 1.03 bits per heavy atom. The number of anilines is 1. The van der Waals surface area contributed by atoms with Crippen LogP contribution in [-0.4, -0.2) is 43.5 Å². The molecule has 0 saturated carbocycles. The Labute approximate surface area is 191 Å². The highest BCUT2D eigenvalue weighted by atomic mass is 16.5. The summed E-state index contributed by atoms with van der Waals surface area (Å²) in [6, 6.07) is 17.0. The molecule has 8 heteroatoms. The van der Waals surface area contributed by atoms with Gasteiger partial charge in [0.05, 0.1) is 26.2 Å². The number of pyridine rings is 1. The number of carbonyl (C=O) groups is 3. The van der Waals surface area contributed by atoms with Gasteiger partial charge in [-0.15, -0.1) is 0 Å². The van der Waals surface area contributed by atoms with Gasteiger partial charge in [-0.25, -0.2) is 0 Å². The molecule has 2 heterocycles. The Morgan fingerprint density at radius 3 is 2.45 bits per heavy atom. The third-order valence-electron chi connectivity index (χ3n) is 5.63. The van der Waals surface area contributed by atoms with Crippen LogP contribution in [0.5, 0.6) is 5.75 Å². The zero-order valence-electron chi connectivity index (χ0n) is 18.2. The number of esters is 1. The lowest BCUT2D eigenvalue weighted by Gasteiger charge is -2.41. The predicted molar refractivity (Wildman–Crippen MR) is 121 cm³/mol. The molecule has 1 aliphatic rings. The molecule has 1 aromatic heterocycles. The van der Waals surface area contributed by atoms with Crippen LogP contribution >= 0.6 is 0 Å². The third-order valence-corrected chi connectivity index (χ3v) is 5.63. The molecule has 0 radical (unpaired) electrons. The molecule has 0 spiro atoms. The van der Waals surface area contributed by atoms with Crippen molar-refractivity contribution in [1.29, 1.82) is 0 Å². The molecule has 4 rings (SSSR count). The number of carbonyl (C=O) groups excluding carboxylic acids is 3. The minimum absolute atomic E-state index is 0.235. The van der Waals surface area contributed by atoms with Crippen molar-refractivity contribution in [2.45, 2.75) is 12.0 Å². The van der Waals surface area contributed by atoms with Gasteiger partial charge < -0.3 is 14.8 Å². The molecule has 3 aromatic rings. The smallest absolute Gasteiger partial charge is 0.325 e. The molecule has 2 aromatic carbocycles. The first-order valence-corrected chi connectivity index (χ1v) is 10.4. The summed E-state index contributed by atoms with van der Waals surface area (Å²) in [7, 11) is 2.82. The summed E-state index contributed by atoms with van der Waals surface area (Å²) in [5.41, 5.74) is 2.31. The van der Waals surface area contributed by atoms with Crippen molar-refractivity contribution < 1.29 is 23.9 Å². The van der Waals surface area contributed by atoms with Crippen LogP contribution in [0.3, 0.4) is 0 Å². The summed E-state index contributed by atoms with van der Waals surface area (Å²) in [4.78, 5) is 44.6. The first-order chi connectivity index (χ1) is 16.0. The van der Waals surface area contributed by atoms with Gasteiger partial charge >= 0.3 is 5.97 Å². The highest BCUT2D eigenvalue weighted by molar-refractivity contribution is 6.11.